The van der Waals surface area contributed by atoms with Crippen LogP contribution in [0, 0.1) is 0 Å². The molecule has 0 amide bonds. The highest BCUT2D eigenvalue weighted by Gasteiger charge is 2.01. The van der Waals surface area contributed by atoms with E-state index in [1.165, 1.54) is 0 Å². The minimum atomic E-state index is 0.250. The molecule has 2 rings (SSSR count). The maximum absolute atomic E-state index is 9.11. The number of nitrogens with one attached hydrogen (secondary N) is 1. The fourth-order valence-corrected chi connectivity index (χ4v) is 1.37. The summed E-state index contributed by atoms with van der Waals surface area (Å²) in [4.78, 5) is 0. The number of phenolic OH excluding ortho intramolecular Hbond substituents is 1. The molecule has 0 saturated heterocycles. The van der Waals surface area contributed by atoms with E-state index in [0.29, 0.717) is 0 Å². The van der Waals surface area contributed by atoms with Gasteiger partial charge in [-0.15, -0.1) is 0 Å². The van der Waals surface area contributed by atoms with Crippen molar-refractivity contribution in [1.82, 2.24) is 10.2 Å². The van der Waals surface area contributed by atoms with Crippen LogP contribution in [-0.4, -0.2) is 15.3 Å². The highest BCUT2D eigenvalue weighted by Crippen LogP contribution is 2.24. The summed E-state index contributed by atoms with van der Waals surface area (Å²) in [6.07, 6.45) is 0. The summed E-state index contributed by atoms with van der Waals surface area (Å²) in [5.74, 6) is 0.250. The molecule has 0 radical (unpaired) electrons. The zero-order valence-corrected chi connectivity index (χ0v) is 7.09. The summed E-state index contributed by atoms with van der Waals surface area (Å²) < 4.78 is 0.795. The van der Waals surface area contributed by atoms with Gasteiger partial charge < -0.3 is 5.11 Å². The van der Waals surface area contributed by atoms with Crippen molar-refractivity contribution < 1.29 is 5.11 Å². The van der Waals surface area contributed by atoms with Crippen molar-refractivity contribution in [1.29, 1.82) is 0 Å². The normalized spacial score (nSPS) is 10.6. The number of hydrogen-bond acceptors (Lipinski definition) is 2. The molecule has 1 heterocycles. The maximum Gasteiger partial charge on any atom is 0.116 e. The Morgan fingerprint density at radius 2 is 2.27 bits per heavy atom. The van der Waals surface area contributed by atoms with E-state index >= 15 is 0 Å². The van der Waals surface area contributed by atoms with E-state index in [1.54, 1.807) is 18.2 Å². The first-order valence-corrected chi connectivity index (χ1v) is 3.89. The van der Waals surface area contributed by atoms with Gasteiger partial charge in [-0.2, -0.15) is 5.10 Å². The maximum atomic E-state index is 9.11. The second kappa shape index (κ2) is 2.23. The monoisotopic (exact) mass is 212 g/mol. The molecule has 0 aliphatic carbocycles. The predicted octanol–water partition coefficient (Wildman–Crippen LogP) is 2.03. The number of hydrogen-bond donors (Lipinski definition) is 2. The van der Waals surface area contributed by atoms with Crippen molar-refractivity contribution in [2.75, 3.05) is 0 Å². The molecule has 0 aliphatic rings. The van der Waals surface area contributed by atoms with Crippen LogP contribution in [0.3, 0.4) is 0 Å². The van der Waals surface area contributed by atoms with Gasteiger partial charge in [0.15, 0.2) is 0 Å². The number of rotatable bonds is 0. The van der Waals surface area contributed by atoms with E-state index in [9.17, 15) is 0 Å². The summed E-state index contributed by atoms with van der Waals surface area (Å²) in [6, 6.07) is 5.02. The Labute approximate surface area is 71.2 Å². The second-order valence-electron chi connectivity index (χ2n) is 2.24. The third-order valence-electron chi connectivity index (χ3n) is 1.49. The van der Waals surface area contributed by atoms with Crippen LogP contribution < -0.4 is 0 Å². The van der Waals surface area contributed by atoms with Gasteiger partial charge in [-0.05, 0) is 34.1 Å². The zero-order chi connectivity index (χ0) is 7.84. The first-order valence-electron chi connectivity index (χ1n) is 3.10. The van der Waals surface area contributed by atoms with Crippen LogP contribution in [-0.2, 0) is 0 Å². The summed E-state index contributed by atoms with van der Waals surface area (Å²) in [6.45, 7) is 0. The van der Waals surface area contributed by atoms with E-state index in [-0.39, 0.29) is 5.75 Å². The number of aromatic hydroxyl groups is 1. The summed E-state index contributed by atoms with van der Waals surface area (Å²) in [5, 5.41) is 16.7. The Bertz CT molecular complexity index is 396. The molecular formula is C7H5BrN2O. The molecule has 56 valence electrons. The molecule has 0 spiro atoms. The Hall–Kier alpha value is -1.03. The molecule has 0 saturated carbocycles. The molecule has 11 heavy (non-hydrogen) atoms. The molecule has 2 N–H and O–H groups in total. The molecule has 1 aromatic heterocycles. The number of halogens is 1. The highest BCUT2D eigenvalue weighted by molar-refractivity contribution is 9.10. The third kappa shape index (κ3) is 0.991. The number of aromatic amines is 1. The van der Waals surface area contributed by atoms with Gasteiger partial charge in [-0.25, -0.2) is 0 Å². The number of fused-ring (bicyclic) bond motifs is 1. The van der Waals surface area contributed by atoms with Gasteiger partial charge in [-0.1, -0.05) is 0 Å². The first-order chi connectivity index (χ1) is 5.27. The van der Waals surface area contributed by atoms with Crippen LogP contribution in [0.25, 0.3) is 10.9 Å². The Morgan fingerprint density at radius 3 is 3.09 bits per heavy atom. The molecular weight excluding hydrogens is 208 g/mol. The average Bonchev–Trinajstić information content (AvgIpc) is 2.33. The molecule has 0 atom stereocenters. The largest absolute Gasteiger partial charge is 0.508 e. The van der Waals surface area contributed by atoms with Gasteiger partial charge in [-0.3, -0.25) is 5.10 Å². The summed E-state index contributed by atoms with van der Waals surface area (Å²) in [7, 11) is 0. The van der Waals surface area contributed by atoms with Crippen LogP contribution in [0.1, 0.15) is 0 Å². The molecule has 0 unspecified atom stereocenters. The van der Waals surface area contributed by atoms with E-state index < -0.39 is 0 Å². The molecule has 0 fully saturated rings. The summed E-state index contributed by atoms with van der Waals surface area (Å²) >= 11 is 3.27. The van der Waals surface area contributed by atoms with Gasteiger partial charge in [0.05, 0.1) is 5.52 Å². The van der Waals surface area contributed by atoms with Gasteiger partial charge in [0, 0.05) is 5.39 Å². The van der Waals surface area contributed by atoms with Crippen LogP contribution >= 0.6 is 15.9 Å². The number of nitrogens with zero attached hydrogens (tertiary/aromatic N) is 1. The smallest absolute Gasteiger partial charge is 0.116 e. The van der Waals surface area contributed by atoms with Crippen LogP contribution in [0.5, 0.6) is 5.75 Å². The van der Waals surface area contributed by atoms with Crippen molar-refractivity contribution in [2.45, 2.75) is 0 Å². The standard InChI is InChI=1S/C7H5BrN2O/c8-7-5-3-4(11)1-2-6(5)9-10-7/h1-3,11H,(H,9,10). The van der Waals surface area contributed by atoms with Crippen molar-refractivity contribution >= 4 is 26.8 Å². The Kier molecular flexibility index (Phi) is 1.35. The van der Waals surface area contributed by atoms with Crippen molar-refractivity contribution in [3.05, 3.63) is 22.8 Å². The minimum absolute atomic E-state index is 0.250. The lowest BCUT2D eigenvalue weighted by atomic mass is 10.2. The quantitative estimate of drug-likeness (QED) is 0.703. The minimum Gasteiger partial charge on any atom is -0.508 e. The molecule has 0 aliphatic heterocycles. The van der Waals surface area contributed by atoms with Gasteiger partial charge >= 0.3 is 0 Å². The van der Waals surface area contributed by atoms with Gasteiger partial charge in [0.1, 0.15) is 10.4 Å². The van der Waals surface area contributed by atoms with Crippen molar-refractivity contribution in [2.24, 2.45) is 0 Å². The molecule has 4 heteroatoms. The van der Waals surface area contributed by atoms with Gasteiger partial charge in [0.25, 0.3) is 0 Å². The number of benzene rings is 1. The van der Waals surface area contributed by atoms with E-state index in [0.717, 1.165) is 15.5 Å². The molecule has 0 bridgehead atoms. The Balaban J connectivity index is 2.87. The number of H-pyrrole nitrogens is 1. The van der Waals surface area contributed by atoms with Crippen LogP contribution in [0.4, 0.5) is 0 Å². The van der Waals surface area contributed by atoms with Crippen LogP contribution in [0.15, 0.2) is 22.8 Å². The third-order valence-corrected chi connectivity index (χ3v) is 2.10. The van der Waals surface area contributed by atoms with Crippen LogP contribution in [0.2, 0.25) is 0 Å². The van der Waals surface area contributed by atoms with E-state index in [2.05, 4.69) is 26.1 Å². The van der Waals surface area contributed by atoms with E-state index in [1.807, 2.05) is 0 Å². The second-order valence-corrected chi connectivity index (χ2v) is 3.03. The lowest BCUT2D eigenvalue weighted by Gasteiger charge is -1.89. The predicted molar refractivity (Wildman–Crippen MR) is 45.5 cm³/mol. The Morgan fingerprint density at radius 1 is 1.45 bits per heavy atom. The van der Waals surface area contributed by atoms with E-state index in [4.69, 9.17) is 5.11 Å². The average molecular weight is 213 g/mol. The highest BCUT2D eigenvalue weighted by atomic mass is 79.9. The lowest BCUT2D eigenvalue weighted by Crippen LogP contribution is -1.66. The fourth-order valence-electron chi connectivity index (χ4n) is 0.967. The molecule has 2 aromatic rings. The lowest BCUT2D eigenvalue weighted by molar-refractivity contribution is 0.476. The zero-order valence-electron chi connectivity index (χ0n) is 5.50. The van der Waals surface area contributed by atoms with Gasteiger partial charge in [0.2, 0.25) is 0 Å². The molecule has 1 aromatic carbocycles. The van der Waals surface area contributed by atoms with Crippen molar-refractivity contribution in [3.8, 4) is 5.75 Å². The number of aromatic nitrogens is 2. The first kappa shape index (κ1) is 6.67. The molecule has 3 nitrogen and oxygen atoms in total. The summed E-state index contributed by atoms with van der Waals surface area (Å²) in [5.41, 5.74) is 0.842. The SMILES string of the molecule is Oc1ccc2n[nH]c(Br)c2c1. The fraction of sp³-hybridized carbons (Fsp3) is 0. The van der Waals surface area contributed by atoms with Crippen molar-refractivity contribution in [3.63, 3.8) is 0 Å². The number of phenols is 1. The topological polar surface area (TPSA) is 48.9 Å².